The van der Waals surface area contributed by atoms with Crippen LogP contribution in [0, 0.1) is 5.92 Å². The Bertz CT molecular complexity index is 354. The van der Waals surface area contributed by atoms with E-state index in [0.29, 0.717) is 11.8 Å². The quantitative estimate of drug-likeness (QED) is 0.686. The second-order valence-corrected chi connectivity index (χ2v) is 6.11. The molecule has 19 heavy (non-hydrogen) atoms. The van der Waals surface area contributed by atoms with Crippen LogP contribution < -0.4 is 5.32 Å². The molecule has 0 heterocycles. The summed E-state index contributed by atoms with van der Waals surface area (Å²) in [5.74, 6) is 1.19. The predicted molar refractivity (Wildman–Crippen MR) is 85.7 cm³/mol. The summed E-state index contributed by atoms with van der Waals surface area (Å²) in [4.78, 5) is 0. The number of hydrogen-bond acceptors (Lipinski definition) is 2. The van der Waals surface area contributed by atoms with Crippen LogP contribution in [0.15, 0.2) is 28.7 Å². The third-order valence-electron chi connectivity index (χ3n) is 3.10. The second-order valence-electron chi connectivity index (χ2n) is 5.26. The highest BCUT2D eigenvalue weighted by atomic mass is 79.9. The first-order chi connectivity index (χ1) is 9.15. The number of rotatable bonds is 9. The second kappa shape index (κ2) is 9.51. The molecule has 0 radical (unpaired) electrons. The SMILES string of the molecule is CCOCCC(CNCC(C)C)c1ccccc1Br. The van der Waals surface area contributed by atoms with Crippen LogP contribution in [0.4, 0.5) is 0 Å². The van der Waals surface area contributed by atoms with E-state index in [0.717, 1.165) is 32.7 Å². The Morgan fingerprint density at radius 3 is 2.58 bits per heavy atom. The Hall–Kier alpha value is -0.380. The summed E-state index contributed by atoms with van der Waals surface area (Å²) in [5.41, 5.74) is 1.37. The van der Waals surface area contributed by atoms with Crippen molar-refractivity contribution in [1.82, 2.24) is 5.32 Å². The maximum Gasteiger partial charge on any atom is 0.0472 e. The summed E-state index contributed by atoms with van der Waals surface area (Å²) in [6, 6.07) is 8.49. The minimum absolute atomic E-state index is 0.501. The first-order valence-electron chi connectivity index (χ1n) is 7.18. The lowest BCUT2D eigenvalue weighted by Gasteiger charge is -2.20. The molecule has 1 N–H and O–H groups in total. The highest BCUT2D eigenvalue weighted by Gasteiger charge is 2.14. The van der Waals surface area contributed by atoms with Gasteiger partial charge in [0.1, 0.15) is 0 Å². The van der Waals surface area contributed by atoms with E-state index in [9.17, 15) is 0 Å². The third-order valence-corrected chi connectivity index (χ3v) is 3.83. The number of ether oxygens (including phenoxy) is 1. The van der Waals surface area contributed by atoms with Gasteiger partial charge in [0.15, 0.2) is 0 Å². The van der Waals surface area contributed by atoms with Crippen LogP contribution in [-0.2, 0) is 4.74 Å². The first kappa shape index (κ1) is 16.7. The van der Waals surface area contributed by atoms with Gasteiger partial charge in [-0.1, -0.05) is 48.0 Å². The first-order valence-corrected chi connectivity index (χ1v) is 7.97. The highest BCUT2D eigenvalue weighted by Crippen LogP contribution is 2.27. The molecular formula is C16H26BrNO. The van der Waals surface area contributed by atoms with Crippen LogP contribution in [0.3, 0.4) is 0 Å². The zero-order valence-corrected chi connectivity index (χ0v) is 13.9. The van der Waals surface area contributed by atoms with Crippen LogP contribution in [0.25, 0.3) is 0 Å². The maximum absolute atomic E-state index is 5.51. The molecule has 0 aliphatic heterocycles. The monoisotopic (exact) mass is 327 g/mol. The van der Waals surface area contributed by atoms with E-state index in [4.69, 9.17) is 4.74 Å². The molecule has 3 heteroatoms. The van der Waals surface area contributed by atoms with Crippen LogP contribution in [0.2, 0.25) is 0 Å². The van der Waals surface area contributed by atoms with Gasteiger partial charge in [-0.2, -0.15) is 0 Å². The van der Waals surface area contributed by atoms with Crippen molar-refractivity contribution >= 4 is 15.9 Å². The van der Waals surface area contributed by atoms with Crippen molar-refractivity contribution in [2.45, 2.75) is 33.1 Å². The molecule has 0 bridgehead atoms. The van der Waals surface area contributed by atoms with E-state index in [-0.39, 0.29) is 0 Å². The summed E-state index contributed by atoms with van der Waals surface area (Å²) in [6.45, 7) is 10.2. The van der Waals surface area contributed by atoms with Crippen molar-refractivity contribution < 1.29 is 4.74 Å². The number of benzene rings is 1. The van der Waals surface area contributed by atoms with Crippen molar-refractivity contribution in [2.24, 2.45) is 5.92 Å². The fourth-order valence-corrected chi connectivity index (χ4v) is 2.70. The number of halogens is 1. The highest BCUT2D eigenvalue weighted by molar-refractivity contribution is 9.10. The average Bonchev–Trinajstić information content (AvgIpc) is 2.37. The van der Waals surface area contributed by atoms with Crippen LogP contribution in [0.5, 0.6) is 0 Å². The molecule has 0 fully saturated rings. The van der Waals surface area contributed by atoms with Gasteiger partial charge in [0, 0.05) is 24.2 Å². The Kier molecular flexibility index (Phi) is 8.35. The smallest absolute Gasteiger partial charge is 0.0472 e. The maximum atomic E-state index is 5.51. The van der Waals surface area contributed by atoms with Crippen molar-refractivity contribution in [3.63, 3.8) is 0 Å². The van der Waals surface area contributed by atoms with Gasteiger partial charge in [-0.3, -0.25) is 0 Å². The lowest BCUT2D eigenvalue weighted by molar-refractivity contribution is 0.139. The Labute approximate surface area is 126 Å². The van der Waals surface area contributed by atoms with Gasteiger partial charge >= 0.3 is 0 Å². The summed E-state index contributed by atoms with van der Waals surface area (Å²) in [7, 11) is 0. The minimum atomic E-state index is 0.501. The van der Waals surface area contributed by atoms with Gasteiger partial charge in [-0.25, -0.2) is 0 Å². The lowest BCUT2D eigenvalue weighted by atomic mass is 9.96. The van der Waals surface area contributed by atoms with E-state index in [2.05, 4.69) is 59.4 Å². The van der Waals surface area contributed by atoms with Gasteiger partial charge < -0.3 is 10.1 Å². The van der Waals surface area contributed by atoms with Crippen LogP contribution >= 0.6 is 15.9 Å². The fraction of sp³-hybridized carbons (Fsp3) is 0.625. The van der Waals surface area contributed by atoms with Crippen molar-refractivity contribution in [3.8, 4) is 0 Å². The van der Waals surface area contributed by atoms with Crippen LogP contribution in [0.1, 0.15) is 38.7 Å². The average molecular weight is 328 g/mol. The fourth-order valence-electron chi connectivity index (χ4n) is 2.09. The molecule has 0 saturated carbocycles. The summed E-state index contributed by atoms with van der Waals surface area (Å²) in [6.07, 6.45) is 1.06. The molecule has 0 spiro atoms. The van der Waals surface area contributed by atoms with E-state index in [1.54, 1.807) is 0 Å². The van der Waals surface area contributed by atoms with Gasteiger partial charge in [0.2, 0.25) is 0 Å². The lowest BCUT2D eigenvalue weighted by Crippen LogP contribution is -2.26. The summed E-state index contributed by atoms with van der Waals surface area (Å²) < 4.78 is 6.71. The minimum Gasteiger partial charge on any atom is -0.382 e. The van der Waals surface area contributed by atoms with Gasteiger partial charge in [-0.05, 0) is 43.4 Å². The molecule has 1 atom stereocenters. The molecule has 0 amide bonds. The molecule has 0 aromatic heterocycles. The van der Waals surface area contributed by atoms with Crippen LogP contribution in [-0.4, -0.2) is 26.3 Å². The predicted octanol–water partition coefficient (Wildman–Crippen LogP) is 4.20. The Morgan fingerprint density at radius 1 is 1.21 bits per heavy atom. The molecule has 0 aliphatic rings. The molecule has 1 aromatic rings. The zero-order chi connectivity index (χ0) is 14.1. The van der Waals surface area contributed by atoms with Crippen molar-refractivity contribution in [1.29, 1.82) is 0 Å². The molecule has 1 rings (SSSR count). The molecule has 1 aromatic carbocycles. The zero-order valence-electron chi connectivity index (χ0n) is 12.3. The molecule has 1 unspecified atom stereocenters. The summed E-state index contributed by atoms with van der Waals surface area (Å²) >= 11 is 3.66. The third kappa shape index (κ3) is 6.55. The largest absolute Gasteiger partial charge is 0.382 e. The molecule has 0 saturated heterocycles. The molecular weight excluding hydrogens is 302 g/mol. The Morgan fingerprint density at radius 2 is 1.95 bits per heavy atom. The normalized spacial score (nSPS) is 12.9. The van der Waals surface area contributed by atoms with Gasteiger partial charge in [0.25, 0.3) is 0 Å². The standard InChI is InChI=1S/C16H26BrNO/c1-4-19-10-9-14(12-18-11-13(2)3)15-7-5-6-8-16(15)17/h5-8,13-14,18H,4,9-12H2,1-3H3. The number of nitrogens with one attached hydrogen (secondary N) is 1. The van der Waals surface area contributed by atoms with Gasteiger partial charge in [-0.15, -0.1) is 0 Å². The van der Waals surface area contributed by atoms with E-state index >= 15 is 0 Å². The van der Waals surface area contributed by atoms with Crippen molar-refractivity contribution in [2.75, 3.05) is 26.3 Å². The van der Waals surface area contributed by atoms with E-state index in [1.807, 2.05) is 6.92 Å². The van der Waals surface area contributed by atoms with E-state index in [1.165, 1.54) is 10.0 Å². The molecule has 108 valence electrons. The Balaban J connectivity index is 2.60. The van der Waals surface area contributed by atoms with Gasteiger partial charge in [0.05, 0.1) is 0 Å². The topological polar surface area (TPSA) is 21.3 Å². The molecule has 0 aliphatic carbocycles. The molecule has 2 nitrogen and oxygen atoms in total. The van der Waals surface area contributed by atoms with E-state index < -0.39 is 0 Å². The number of hydrogen-bond donors (Lipinski definition) is 1. The summed E-state index contributed by atoms with van der Waals surface area (Å²) in [5, 5.41) is 3.56. The van der Waals surface area contributed by atoms with Crippen molar-refractivity contribution in [3.05, 3.63) is 34.3 Å².